The monoisotopic (exact) mass is 454 g/mol. The number of aryl methyl sites for hydroxylation is 1. The van der Waals surface area contributed by atoms with Gasteiger partial charge in [-0.25, -0.2) is 0 Å². The molecule has 1 fully saturated rings. The lowest BCUT2D eigenvalue weighted by atomic mass is 10.1. The minimum absolute atomic E-state index is 0.0909. The molecule has 0 aromatic heterocycles. The third kappa shape index (κ3) is 5.01. The molecule has 1 N–H and O–H groups in total. The van der Waals surface area contributed by atoms with Gasteiger partial charge in [-0.15, -0.1) is 0 Å². The van der Waals surface area contributed by atoms with Gasteiger partial charge in [0.2, 0.25) is 11.8 Å². The van der Waals surface area contributed by atoms with Crippen molar-refractivity contribution in [2.75, 3.05) is 16.8 Å². The fourth-order valence-corrected chi connectivity index (χ4v) is 3.67. The molecular weight excluding hydrogens is 435 g/mol. The molecule has 2 amide bonds. The highest BCUT2D eigenvalue weighted by Crippen LogP contribution is 2.30. The topological polar surface area (TPSA) is 58.6 Å². The van der Waals surface area contributed by atoms with E-state index in [0.717, 1.165) is 5.56 Å². The molecule has 0 aliphatic carbocycles. The number of nitrogens with one attached hydrogen (secondary N) is 1. The quantitative estimate of drug-likeness (QED) is 0.507. The number of ether oxygens (including phenoxy) is 1. The van der Waals surface area contributed by atoms with Crippen molar-refractivity contribution >= 4 is 46.4 Å². The van der Waals surface area contributed by atoms with Crippen molar-refractivity contribution < 1.29 is 14.3 Å². The van der Waals surface area contributed by atoms with E-state index in [0.29, 0.717) is 39.5 Å². The van der Waals surface area contributed by atoms with E-state index in [-0.39, 0.29) is 18.2 Å². The number of carbonyl (C=O) groups is 2. The standard InChI is InChI=1S/C24H20Cl2N2O3/c1-15-2-7-19(13-22(15)26)28-14-16(12-23(28)29)24(30)27-18-5-10-21(11-6-18)31-20-8-3-17(25)4-9-20/h2-11,13,16H,12,14H2,1H3,(H,27,30)/t16-/m0/s1. The molecule has 0 saturated carbocycles. The molecule has 0 bridgehead atoms. The molecule has 1 aliphatic heterocycles. The van der Waals surface area contributed by atoms with Crippen LogP contribution in [0.25, 0.3) is 0 Å². The number of benzene rings is 3. The van der Waals surface area contributed by atoms with Crippen LogP contribution in [0.5, 0.6) is 11.5 Å². The van der Waals surface area contributed by atoms with Crippen LogP contribution < -0.4 is 15.0 Å². The zero-order chi connectivity index (χ0) is 22.0. The second kappa shape index (κ2) is 9.00. The number of anilines is 2. The van der Waals surface area contributed by atoms with Crippen LogP contribution in [-0.2, 0) is 9.59 Å². The van der Waals surface area contributed by atoms with E-state index in [1.807, 2.05) is 19.1 Å². The zero-order valence-corrected chi connectivity index (χ0v) is 18.3. The molecule has 7 heteroatoms. The van der Waals surface area contributed by atoms with Crippen molar-refractivity contribution in [3.8, 4) is 11.5 Å². The smallest absolute Gasteiger partial charge is 0.229 e. The van der Waals surface area contributed by atoms with Crippen molar-refractivity contribution in [2.45, 2.75) is 13.3 Å². The Balaban J connectivity index is 1.37. The summed E-state index contributed by atoms with van der Waals surface area (Å²) in [4.78, 5) is 26.8. The van der Waals surface area contributed by atoms with Gasteiger partial charge in [0, 0.05) is 34.4 Å². The van der Waals surface area contributed by atoms with Crippen LogP contribution >= 0.6 is 23.2 Å². The highest BCUT2D eigenvalue weighted by Gasteiger charge is 2.35. The van der Waals surface area contributed by atoms with Gasteiger partial charge in [0.15, 0.2) is 0 Å². The molecule has 3 aromatic carbocycles. The number of nitrogens with zero attached hydrogens (tertiary/aromatic N) is 1. The Morgan fingerprint density at radius 3 is 2.29 bits per heavy atom. The van der Waals surface area contributed by atoms with E-state index in [1.165, 1.54) is 0 Å². The van der Waals surface area contributed by atoms with Gasteiger partial charge in [0.05, 0.1) is 5.92 Å². The first-order valence-electron chi connectivity index (χ1n) is 9.80. The highest BCUT2D eigenvalue weighted by molar-refractivity contribution is 6.31. The molecule has 31 heavy (non-hydrogen) atoms. The van der Waals surface area contributed by atoms with Crippen LogP contribution in [0.1, 0.15) is 12.0 Å². The third-order valence-electron chi connectivity index (χ3n) is 5.13. The predicted molar refractivity (Wildman–Crippen MR) is 123 cm³/mol. The first kappa shape index (κ1) is 21.2. The highest BCUT2D eigenvalue weighted by atomic mass is 35.5. The van der Waals surface area contributed by atoms with Gasteiger partial charge in [-0.2, -0.15) is 0 Å². The van der Waals surface area contributed by atoms with Gasteiger partial charge in [-0.3, -0.25) is 9.59 Å². The fourth-order valence-electron chi connectivity index (χ4n) is 3.37. The minimum Gasteiger partial charge on any atom is -0.457 e. The third-order valence-corrected chi connectivity index (χ3v) is 5.79. The molecule has 0 spiro atoms. The molecule has 1 aliphatic rings. The molecule has 0 unspecified atom stereocenters. The predicted octanol–water partition coefficient (Wildman–Crippen LogP) is 6.09. The lowest BCUT2D eigenvalue weighted by Crippen LogP contribution is -2.28. The van der Waals surface area contributed by atoms with Crippen LogP contribution in [0.3, 0.4) is 0 Å². The molecule has 158 valence electrons. The molecular formula is C24H20Cl2N2O3. The second-order valence-corrected chi connectivity index (χ2v) is 8.25. The van der Waals surface area contributed by atoms with E-state index in [4.69, 9.17) is 27.9 Å². The maximum absolute atomic E-state index is 12.7. The van der Waals surface area contributed by atoms with Crippen LogP contribution in [-0.4, -0.2) is 18.4 Å². The summed E-state index contributed by atoms with van der Waals surface area (Å²) in [5.74, 6) is 0.588. The first-order chi connectivity index (χ1) is 14.9. The van der Waals surface area contributed by atoms with E-state index in [1.54, 1.807) is 59.5 Å². The lowest BCUT2D eigenvalue weighted by molar-refractivity contribution is -0.122. The Labute approximate surface area is 190 Å². The van der Waals surface area contributed by atoms with E-state index in [2.05, 4.69) is 5.32 Å². The van der Waals surface area contributed by atoms with Crippen LogP contribution in [0.15, 0.2) is 66.7 Å². The van der Waals surface area contributed by atoms with E-state index in [9.17, 15) is 9.59 Å². The van der Waals surface area contributed by atoms with Crippen molar-refractivity contribution in [3.05, 3.63) is 82.3 Å². The van der Waals surface area contributed by atoms with E-state index < -0.39 is 5.92 Å². The summed E-state index contributed by atoms with van der Waals surface area (Å²) >= 11 is 12.1. The maximum atomic E-state index is 12.7. The molecule has 1 heterocycles. The van der Waals surface area contributed by atoms with Gasteiger partial charge in [-0.05, 0) is 73.2 Å². The van der Waals surface area contributed by atoms with Gasteiger partial charge in [0.1, 0.15) is 11.5 Å². The van der Waals surface area contributed by atoms with Gasteiger partial charge in [0.25, 0.3) is 0 Å². The molecule has 0 radical (unpaired) electrons. The first-order valence-corrected chi connectivity index (χ1v) is 10.6. The van der Waals surface area contributed by atoms with Crippen molar-refractivity contribution in [2.24, 2.45) is 5.92 Å². The molecule has 1 saturated heterocycles. The Hall–Kier alpha value is -3.02. The zero-order valence-electron chi connectivity index (χ0n) is 16.8. The van der Waals surface area contributed by atoms with Gasteiger partial charge in [-0.1, -0.05) is 29.3 Å². The average molecular weight is 455 g/mol. The number of hydrogen-bond acceptors (Lipinski definition) is 3. The van der Waals surface area contributed by atoms with Crippen LogP contribution in [0, 0.1) is 12.8 Å². The summed E-state index contributed by atoms with van der Waals surface area (Å²) in [6.07, 6.45) is 0.162. The number of carbonyl (C=O) groups excluding carboxylic acids is 2. The molecule has 4 rings (SSSR count). The van der Waals surface area contributed by atoms with E-state index >= 15 is 0 Å². The molecule has 5 nitrogen and oxygen atoms in total. The summed E-state index contributed by atoms with van der Waals surface area (Å²) in [5, 5.41) is 4.11. The number of hydrogen-bond donors (Lipinski definition) is 1. The van der Waals surface area contributed by atoms with Crippen LogP contribution in [0.4, 0.5) is 11.4 Å². The van der Waals surface area contributed by atoms with Crippen molar-refractivity contribution in [1.82, 2.24) is 0 Å². The normalized spacial score (nSPS) is 15.8. The van der Waals surface area contributed by atoms with Crippen molar-refractivity contribution in [1.29, 1.82) is 0 Å². The average Bonchev–Trinajstić information content (AvgIpc) is 3.15. The number of halogens is 2. The van der Waals surface area contributed by atoms with Gasteiger partial charge < -0.3 is 15.0 Å². The second-order valence-electron chi connectivity index (χ2n) is 7.41. The summed E-state index contributed by atoms with van der Waals surface area (Å²) in [5.41, 5.74) is 2.28. The summed E-state index contributed by atoms with van der Waals surface area (Å²) in [6, 6.07) is 19.6. The number of amides is 2. The minimum atomic E-state index is -0.433. The summed E-state index contributed by atoms with van der Waals surface area (Å²) in [6.45, 7) is 2.22. The number of rotatable bonds is 5. The Kier molecular flexibility index (Phi) is 6.16. The Morgan fingerprint density at radius 2 is 1.65 bits per heavy atom. The SMILES string of the molecule is Cc1ccc(N2C[C@@H](C(=O)Nc3ccc(Oc4ccc(Cl)cc4)cc3)CC2=O)cc1Cl. The molecule has 3 aromatic rings. The summed E-state index contributed by atoms with van der Waals surface area (Å²) in [7, 11) is 0. The maximum Gasteiger partial charge on any atom is 0.229 e. The van der Waals surface area contributed by atoms with Crippen LogP contribution in [0.2, 0.25) is 10.0 Å². The summed E-state index contributed by atoms with van der Waals surface area (Å²) < 4.78 is 5.75. The Morgan fingerprint density at radius 1 is 1.00 bits per heavy atom. The lowest BCUT2D eigenvalue weighted by Gasteiger charge is -2.17. The Bertz CT molecular complexity index is 1110. The fraction of sp³-hybridized carbons (Fsp3) is 0.167. The molecule has 1 atom stereocenters. The van der Waals surface area contributed by atoms with Gasteiger partial charge >= 0.3 is 0 Å². The largest absolute Gasteiger partial charge is 0.457 e. The van der Waals surface area contributed by atoms with Crippen molar-refractivity contribution in [3.63, 3.8) is 0 Å².